The van der Waals surface area contributed by atoms with Crippen LogP contribution < -0.4 is 11.1 Å². The summed E-state index contributed by atoms with van der Waals surface area (Å²) in [5, 5.41) is 3.03. The number of methoxy groups -OCH3 is 1. The van der Waals surface area contributed by atoms with E-state index in [0.717, 1.165) is 6.42 Å². The molecule has 0 saturated heterocycles. The Bertz CT molecular complexity index is 304. The minimum atomic E-state index is 0.0356. The Balaban J connectivity index is 1.85. The second kappa shape index (κ2) is 5.57. The first kappa shape index (κ1) is 13.8. The second-order valence-corrected chi connectivity index (χ2v) is 6.20. The molecular formula is C14H26N2O2. The van der Waals surface area contributed by atoms with Crippen molar-refractivity contribution in [3.8, 4) is 0 Å². The standard InChI is InChI=1S/C14H26N2O2/c1-8(2)11(18-3)7-16-14(17)12-9-4-5-10(6-9)13(12)15/h8-13H,4-7,15H2,1-3H3,(H,16,17). The van der Waals surface area contributed by atoms with Gasteiger partial charge in [-0.25, -0.2) is 0 Å². The van der Waals surface area contributed by atoms with Crippen LogP contribution in [-0.2, 0) is 9.53 Å². The van der Waals surface area contributed by atoms with Crippen LogP contribution in [0.15, 0.2) is 0 Å². The summed E-state index contributed by atoms with van der Waals surface area (Å²) in [5.41, 5.74) is 6.17. The van der Waals surface area contributed by atoms with Crippen LogP contribution in [-0.4, -0.2) is 31.7 Å². The van der Waals surface area contributed by atoms with E-state index in [1.54, 1.807) is 7.11 Å². The first-order chi connectivity index (χ1) is 8.54. The van der Waals surface area contributed by atoms with Gasteiger partial charge in [0.15, 0.2) is 0 Å². The van der Waals surface area contributed by atoms with Gasteiger partial charge in [0.2, 0.25) is 5.91 Å². The topological polar surface area (TPSA) is 64.3 Å². The molecular weight excluding hydrogens is 228 g/mol. The Labute approximate surface area is 110 Å². The van der Waals surface area contributed by atoms with E-state index in [1.165, 1.54) is 12.8 Å². The Morgan fingerprint density at radius 3 is 2.56 bits per heavy atom. The fourth-order valence-electron chi connectivity index (χ4n) is 3.64. The van der Waals surface area contributed by atoms with E-state index in [4.69, 9.17) is 10.5 Å². The van der Waals surface area contributed by atoms with E-state index < -0.39 is 0 Å². The molecule has 0 aromatic carbocycles. The Morgan fingerprint density at radius 1 is 1.39 bits per heavy atom. The summed E-state index contributed by atoms with van der Waals surface area (Å²) < 4.78 is 5.37. The fourth-order valence-corrected chi connectivity index (χ4v) is 3.64. The number of hydrogen-bond donors (Lipinski definition) is 2. The first-order valence-corrected chi connectivity index (χ1v) is 7.10. The Morgan fingerprint density at radius 2 is 2.06 bits per heavy atom. The lowest BCUT2D eigenvalue weighted by molar-refractivity contribution is -0.127. The number of rotatable bonds is 5. The molecule has 2 bridgehead atoms. The lowest BCUT2D eigenvalue weighted by Crippen LogP contribution is -2.47. The molecule has 1 amide bonds. The van der Waals surface area contributed by atoms with Crippen LogP contribution in [0.25, 0.3) is 0 Å². The average molecular weight is 254 g/mol. The molecule has 5 unspecified atom stereocenters. The van der Waals surface area contributed by atoms with Gasteiger partial charge in [0.05, 0.1) is 12.0 Å². The second-order valence-electron chi connectivity index (χ2n) is 6.20. The molecule has 3 N–H and O–H groups in total. The van der Waals surface area contributed by atoms with Crippen molar-refractivity contribution in [2.24, 2.45) is 29.4 Å². The van der Waals surface area contributed by atoms with E-state index in [2.05, 4.69) is 19.2 Å². The van der Waals surface area contributed by atoms with Gasteiger partial charge in [-0.1, -0.05) is 13.8 Å². The SMILES string of the molecule is COC(CNC(=O)C1C2CCC(C2)C1N)C(C)C. The van der Waals surface area contributed by atoms with Gasteiger partial charge in [-0.2, -0.15) is 0 Å². The van der Waals surface area contributed by atoms with Crippen molar-refractivity contribution in [1.29, 1.82) is 0 Å². The van der Waals surface area contributed by atoms with Crippen LogP contribution in [0.2, 0.25) is 0 Å². The maximum Gasteiger partial charge on any atom is 0.225 e. The fraction of sp³-hybridized carbons (Fsp3) is 0.929. The van der Waals surface area contributed by atoms with Crippen LogP contribution in [0.5, 0.6) is 0 Å². The highest BCUT2D eigenvalue weighted by atomic mass is 16.5. The van der Waals surface area contributed by atoms with Gasteiger partial charge >= 0.3 is 0 Å². The molecule has 2 aliphatic carbocycles. The summed E-state index contributed by atoms with van der Waals surface area (Å²) in [6.45, 7) is 4.79. The van der Waals surface area contributed by atoms with Crippen LogP contribution in [0.4, 0.5) is 0 Å². The summed E-state index contributed by atoms with van der Waals surface area (Å²) in [4.78, 5) is 12.2. The van der Waals surface area contributed by atoms with Gasteiger partial charge in [-0.3, -0.25) is 4.79 Å². The van der Waals surface area contributed by atoms with Crippen LogP contribution in [0.3, 0.4) is 0 Å². The number of nitrogens with one attached hydrogen (secondary N) is 1. The molecule has 0 aliphatic heterocycles. The van der Waals surface area contributed by atoms with E-state index in [0.29, 0.717) is 24.3 Å². The van der Waals surface area contributed by atoms with Gasteiger partial charge in [-0.15, -0.1) is 0 Å². The maximum absolute atomic E-state index is 12.2. The molecule has 2 aliphatic rings. The molecule has 18 heavy (non-hydrogen) atoms. The van der Waals surface area contributed by atoms with Crippen LogP contribution in [0, 0.1) is 23.7 Å². The van der Waals surface area contributed by atoms with Crippen molar-refractivity contribution in [2.45, 2.75) is 45.3 Å². The molecule has 5 atom stereocenters. The van der Waals surface area contributed by atoms with Gasteiger partial charge in [0.25, 0.3) is 0 Å². The molecule has 0 spiro atoms. The van der Waals surface area contributed by atoms with E-state index >= 15 is 0 Å². The molecule has 2 saturated carbocycles. The lowest BCUT2D eigenvalue weighted by atomic mass is 9.84. The van der Waals surface area contributed by atoms with Crippen LogP contribution in [0.1, 0.15) is 33.1 Å². The van der Waals surface area contributed by atoms with E-state index in [9.17, 15) is 4.79 Å². The average Bonchev–Trinajstić information content (AvgIpc) is 2.89. The van der Waals surface area contributed by atoms with Crippen molar-refractivity contribution in [3.63, 3.8) is 0 Å². The van der Waals surface area contributed by atoms with Crippen molar-refractivity contribution in [3.05, 3.63) is 0 Å². The molecule has 4 nitrogen and oxygen atoms in total. The first-order valence-electron chi connectivity index (χ1n) is 7.10. The number of hydrogen-bond acceptors (Lipinski definition) is 3. The van der Waals surface area contributed by atoms with E-state index in [1.807, 2.05) is 0 Å². The van der Waals surface area contributed by atoms with Crippen LogP contribution >= 0.6 is 0 Å². The third kappa shape index (κ3) is 2.54. The Hall–Kier alpha value is -0.610. The third-order valence-electron chi connectivity index (χ3n) is 4.81. The molecule has 0 aromatic rings. The smallest absolute Gasteiger partial charge is 0.225 e. The summed E-state index contributed by atoms with van der Waals surface area (Å²) in [7, 11) is 1.69. The maximum atomic E-state index is 12.2. The molecule has 2 rings (SSSR count). The molecule has 104 valence electrons. The predicted molar refractivity (Wildman–Crippen MR) is 70.9 cm³/mol. The Kier molecular flexibility index (Phi) is 4.28. The molecule has 0 aromatic heterocycles. The lowest BCUT2D eigenvalue weighted by Gasteiger charge is -2.28. The summed E-state index contributed by atoms with van der Waals surface area (Å²) in [5.74, 6) is 1.67. The van der Waals surface area contributed by atoms with E-state index in [-0.39, 0.29) is 24.0 Å². The minimum absolute atomic E-state index is 0.0356. The van der Waals surface area contributed by atoms with Crippen molar-refractivity contribution < 1.29 is 9.53 Å². The summed E-state index contributed by atoms with van der Waals surface area (Å²) in [6, 6.07) is 0.0730. The molecule has 0 radical (unpaired) electrons. The highest BCUT2D eigenvalue weighted by Gasteiger charge is 2.48. The van der Waals surface area contributed by atoms with Gasteiger partial charge in [-0.05, 0) is 37.0 Å². The predicted octanol–water partition coefficient (Wildman–Crippen LogP) is 1.15. The van der Waals surface area contributed by atoms with Gasteiger partial charge in [0.1, 0.15) is 0 Å². The van der Waals surface area contributed by atoms with Crippen molar-refractivity contribution in [2.75, 3.05) is 13.7 Å². The quantitative estimate of drug-likeness (QED) is 0.773. The number of carbonyl (C=O) groups is 1. The zero-order chi connectivity index (χ0) is 13.3. The number of amides is 1. The van der Waals surface area contributed by atoms with Crippen molar-refractivity contribution in [1.82, 2.24) is 5.32 Å². The number of ether oxygens (including phenoxy) is 1. The molecule has 0 heterocycles. The number of carbonyl (C=O) groups excluding carboxylic acids is 1. The van der Waals surface area contributed by atoms with Crippen molar-refractivity contribution >= 4 is 5.91 Å². The minimum Gasteiger partial charge on any atom is -0.379 e. The largest absolute Gasteiger partial charge is 0.379 e. The summed E-state index contributed by atoms with van der Waals surface area (Å²) >= 11 is 0. The highest BCUT2D eigenvalue weighted by Crippen LogP contribution is 2.47. The van der Waals surface area contributed by atoms with Gasteiger partial charge in [0, 0.05) is 19.7 Å². The monoisotopic (exact) mass is 254 g/mol. The number of fused-ring (bicyclic) bond motifs is 2. The molecule has 2 fully saturated rings. The third-order valence-corrected chi connectivity index (χ3v) is 4.81. The highest BCUT2D eigenvalue weighted by molar-refractivity contribution is 5.80. The molecule has 4 heteroatoms. The number of nitrogens with two attached hydrogens (primary N) is 1. The zero-order valence-electron chi connectivity index (χ0n) is 11.7. The normalized spacial score (nSPS) is 36.1. The zero-order valence-corrected chi connectivity index (χ0v) is 11.7. The van der Waals surface area contributed by atoms with Gasteiger partial charge < -0.3 is 15.8 Å². The summed E-state index contributed by atoms with van der Waals surface area (Å²) in [6.07, 6.45) is 3.62.